The topological polar surface area (TPSA) is 73.8 Å². The average Bonchev–Trinajstić information content (AvgIpc) is 3.13. The van der Waals surface area contributed by atoms with Gasteiger partial charge in [-0.2, -0.15) is 5.10 Å². The van der Waals surface area contributed by atoms with Gasteiger partial charge in [-0.1, -0.05) is 48.9 Å². The van der Waals surface area contributed by atoms with Crippen LogP contribution in [0.4, 0.5) is 5.82 Å². The highest BCUT2D eigenvalue weighted by Crippen LogP contribution is 2.29. The van der Waals surface area contributed by atoms with Crippen LogP contribution in [-0.4, -0.2) is 56.2 Å². The Morgan fingerprint density at radius 1 is 1.04 bits per heavy atom. The lowest BCUT2D eigenvalue weighted by Gasteiger charge is -2.35. The molecule has 1 aliphatic heterocycles. The molecule has 8 heteroatoms. The summed E-state index contributed by atoms with van der Waals surface area (Å²) in [6.07, 6.45) is 0.805. The SMILES string of the molecule is CCc1c(Cl)nc(-c2ccccc2)nc1N1CCN(Cc2n[nH]c(C)n2)CC1. The van der Waals surface area contributed by atoms with Crippen molar-refractivity contribution >= 4 is 17.4 Å². The molecule has 0 unspecified atom stereocenters. The first-order valence-electron chi connectivity index (χ1n) is 9.61. The molecule has 0 aliphatic carbocycles. The standard InChI is InChI=1S/C20H24ClN7/c1-3-16-18(21)23-19(15-7-5-4-6-8-15)24-20(16)28-11-9-27(10-12-28)13-17-22-14(2)25-26-17/h4-8H,3,9-13H2,1-2H3,(H,22,25,26). The number of aryl methyl sites for hydroxylation is 1. The number of anilines is 1. The van der Waals surface area contributed by atoms with E-state index in [0.717, 1.165) is 67.7 Å². The summed E-state index contributed by atoms with van der Waals surface area (Å²) in [6.45, 7) is 8.41. The van der Waals surface area contributed by atoms with Crippen LogP contribution in [-0.2, 0) is 13.0 Å². The first-order valence-corrected chi connectivity index (χ1v) is 9.99. The molecule has 2 aromatic heterocycles. The van der Waals surface area contributed by atoms with Crippen LogP contribution in [0.3, 0.4) is 0 Å². The maximum absolute atomic E-state index is 6.53. The summed E-state index contributed by atoms with van der Waals surface area (Å²) in [5, 5.41) is 7.69. The largest absolute Gasteiger partial charge is 0.354 e. The summed E-state index contributed by atoms with van der Waals surface area (Å²) in [6, 6.07) is 9.99. The van der Waals surface area contributed by atoms with Crippen LogP contribution in [0.15, 0.2) is 30.3 Å². The number of halogens is 1. The smallest absolute Gasteiger partial charge is 0.164 e. The van der Waals surface area contributed by atoms with E-state index in [2.05, 4.69) is 36.9 Å². The van der Waals surface area contributed by atoms with Crippen molar-refractivity contribution in [3.63, 3.8) is 0 Å². The number of hydrogen-bond donors (Lipinski definition) is 1. The minimum Gasteiger partial charge on any atom is -0.354 e. The van der Waals surface area contributed by atoms with E-state index < -0.39 is 0 Å². The summed E-state index contributed by atoms with van der Waals surface area (Å²) in [4.78, 5) is 18.5. The molecule has 0 radical (unpaired) electrons. The molecule has 0 spiro atoms. The fraction of sp³-hybridized carbons (Fsp3) is 0.400. The quantitative estimate of drug-likeness (QED) is 0.667. The van der Waals surface area contributed by atoms with Crippen LogP contribution in [0.5, 0.6) is 0 Å². The van der Waals surface area contributed by atoms with E-state index in [1.165, 1.54) is 0 Å². The fourth-order valence-corrected chi connectivity index (χ4v) is 3.80. The molecule has 3 heterocycles. The number of H-pyrrole nitrogens is 1. The lowest BCUT2D eigenvalue weighted by molar-refractivity contribution is 0.243. The molecular weight excluding hydrogens is 374 g/mol. The Labute approximate surface area is 169 Å². The van der Waals surface area contributed by atoms with Crippen molar-refractivity contribution in [2.45, 2.75) is 26.8 Å². The zero-order valence-electron chi connectivity index (χ0n) is 16.2. The molecule has 1 fully saturated rings. The second-order valence-electron chi connectivity index (χ2n) is 6.96. The monoisotopic (exact) mass is 397 g/mol. The highest BCUT2D eigenvalue weighted by Gasteiger charge is 2.23. The summed E-state index contributed by atoms with van der Waals surface area (Å²) >= 11 is 6.53. The van der Waals surface area contributed by atoms with E-state index in [1.54, 1.807) is 0 Å². The summed E-state index contributed by atoms with van der Waals surface area (Å²) in [5.41, 5.74) is 1.99. The van der Waals surface area contributed by atoms with Gasteiger partial charge in [-0.05, 0) is 13.3 Å². The van der Waals surface area contributed by atoms with Crippen LogP contribution in [0.2, 0.25) is 5.15 Å². The number of nitrogens with one attached hydrogen (secondary N) is 1. The Morgan fingerprint density at radius 3 is 2.43 bits per heavy atom. The van der Waals surface area contributed by atoms with Crippen LogP contribution >= 0.6 is 11.6 Å². The Morgan fingerprint density at radius 2 is 1.79 bits per heavy atom. The van der Waals surface area contributed by atoms with Crippen molar-refractivity contribution in [1.82, 2.24) is 30.0 Å². The Balaban J connectivity index is 1.53. The molecular formula is C20H24ClN7. The third kappa shape index (κ3) is 4.00. The maximum Gasteiger partial charge on any atom is 0.164 e. The van der Waals surface area contributed by atoms with Gasteiger partial charge in [-0.15, -0.1) is 0 Å². The van der Waals surface area contributed by atoms with Crippen LogP contribution in [0.25, 0.3) is 11.4 Å². The number of piperazine rings is 1. The van der Waals surface area contributed by atoms with Crippen LogP contribution in [0, 0.1) is 6.92 Å². The minimum absolute atomic E-state index is 0.546. The van der Waals surface area contributed by atoms with Crippen molar-refractivity contribution in [2.24, 2.45) is 0 Å². The molecule has 4 rings (SSSR count). The predicted octanol–water partition coefficient (Wildman–Crippen LogP) is 3.11. The molecule has 1 aromatic carbocycles. The lowest BCUT2D eigenvalue weighted by Crippen LogP contribution is -2.46. The highest BCUT2D eigenvalue weighted by atomic mass is 35.5. The van der Waals surface area contributed by atoms with Gasteiger partial charge in [0.2, 0.25) is 0 Å². The molecule has 1 saturated heterocycles. The highest BCUT2D eigenvalue weighted by molar-refractivity contribution is 6.30. The maximum atomic E-state index is 6.53. The van der Waals surface area contributed by atoms with E-state index in [9.17, 15) is 0 Å². The molecule has 3 aromatic rings. The number of rotatable bonds is 5. The summed E-state index contributed by atoms with van der Waals surface area (Å²) < 4.78 is 0. The number of benzene rings is 1. The lowest BCUT2D eigenvalue weighted by atomic mass is 10.1. The van der Waals surface area contributed by atoms with Gasteiger partial charge in [0.25, 0.3) is 0 Å². The molecule has 0 bridgehead atoms. The van der Waals surface area contributed by atoms with Gasteiger partial charge in [0.15, 0.2) is 11.6 Å². The number of nitrogens with zero attached hydrogens (tertiary/aromatic N) is 6. The van der Waals surface area contributed by atoms with Gasteiger partial charge < -0.3 is 4.90 Å². The molecule has 7 nitrogen and oxygen atoms in total. The van der Waals surface area contributed by atoms with Gasteiger partial charge in [-0.3, -0.25) is 10.00 Å². The van der Waals surface area contributed by atoms with Gasteiger partial charge in [-0.25, -0.2) is 15.0 Å². The van der Waals surface area contributed by atoms with Crippen LogP contribution < -0.4 is 4.90 Å². The predicted molar refractivity (Wildman–Crippen MR) is 110 cm³/mol. The zero-order valence-corrected chi connectivity index (χ0v) is 16.9. The normalized spacial score (nSPS) is 15.2. The van der Waals surface area contributed by atoms with Gasteiger partial charge in [0.1, 0.15) is 16.8 Å². The number of aromatic nitrogens is 5. The Bertz CT molecular complexity index is 933. The molecule has 0 atom stereocenters. The van der Waals surface area contributed by atoms with Crippen LogP contribution in [0.1, 0.15) is 24.1 Å². The van der Waals surface area contributed by atoms with Crippen molar-refractivity contribution in [3.8, 4) is 11.4 Å². The van der Waals surface area contributed by atoms with E-state index in [-0.39, 0.29) is 0 Å². The molecule has 1 N–H and O–H groups in total. The first-order chi connectivity index (χ1) is 13.6. The van der Waals surface area contributed by atoms with E-state index in [1.807, 2.05) is 37.3 Å². The number of hydrogen-bond acceptors (Lipinski definition) is 6. The second-order valence-corrected chi connectivity index (χ2v) is 7.32. The third-order valence-corrected chi connectivity index (χ3v) is 5.31. The minimum atomic E-state index is 0.546. The molecule has 146 valence electrons. The fourth-order valence-electron chi connectivity index (χ4n) is 3.50. The van der Waals surface area contributed by atoms with Gasteiger partial charge in [0.05, 0.1) is 6.54 Å². The second kappa shape index (κ2) is 8.24. The van der Waals surface area contributed by atoms with Gasteiger partial charge in [0, 0.05) is 37.3 Å². The summed E-state index contributed by atoms with van der Waals surface area (Å²) in [5.74, 6) is 3.33. The molecule has 0 amide bonds. The van der Waals surface area contributed by atoms with E-state index in [4.69, 9.17) is 16.6 Å². The summed E-state index contributed by atoms with van der Waals surface area (Å²) in [7, 11) is 0. The molecule has 1 aliphatic rings. The molecule has 28 heavy (non-hydrogen) atoms. The number of aromatic amines is 1. The first kappa shape index (κ1) is 18.8. The van der Waals surface area contributed by atoms with Gasteiger partial charge >= 0.3 is 0 Å². The Hall–Kier alpha value is -2.51. The van der Waals surface area contributed by atoms with Crippen molar-refractivity contribution < 1.29 is 0 Å². The van der Waals surface area contributed by atoms with Crippen molar-refractivity contribution in [1.29, 1.82) is 0 Å². The van der Waals surface area contributed by atoms with E-state index in [0.29, 0.717) is 11.0 Å². The average molecular weight is 398 g/mol. The third-order valence-electron chi connectivity index (χ3n) is 5.00. The Kier molecular flexibility index (Phi) is 5.54. The zero-order chi connectivity index (χ0) is 19.5. The van der Waals surface area contributed by atoms with E-state index >= 15 is 0 Å². The van der Waals surface area contributed by atoms with Crippen molar-refractivity contribution in [3.05, 3.63) is 52.7 Å². The van der Waals surface area contributed by atoms with Crippen molar-refractivity contribution in [2.75, 3.05) is 31.1 Å². The molecule has 0 saturated carbocycles.